The van der Waals surface area contributed by atoms with Gasteiger partial charge in [-0.2, -0.15) is 0 Å². The SMILES string of the molecule is NC(=S)c1ccc(Br)cc1NCCCn1ccnc1. The highest BCUT2D eigenvalue weighted by Gasteiger charge is 2.05. The van der Waals surface area contributed by atoms with Gasteiger partial charge in [0.2, 0.25) is 0 Å². The van der Waals surface area contributed by atoms with E-state index < -0.39 is 0 Å². The molecular weight excluding hydrogens is 324 g/mol. The average molecular weight is 339 g/mol. The fourth-order valence-electron chi connectivity index (χ4n) is 1.78. The van der Waals surface area contributed by atoms with E-state index in [0.717, 1.165) is 35.2 Å². The van der Waals surface area contributed by atoms with E-state index in [1.807, 2.05) is 30.7 Å². The smallest absolute Gasteiger partial charge is 0.106 e. The summed E-state index contributed by atoms with van der Waals surface area (Å²) in [5.74, 6) is 0. The van der Waals surface area contributed by atoms with Gasteiger partial charge in [0.15, 0.2) is 0 Å². The van der Waals surface area contributed by atoms with Crippen LogP contribution in [0.2, 0.25) is 0 Å². The molecule has 0 saturated heterocycles. The fourth-order valence-corrected chi connectivity index (χ4v) is 2.32. The van der Waals surface area contributed by atoms with E-state index in [-0.39, 0.29) is 0 Å². The zero-order chi connectivity index (χ0) is 13.7. The Labute approximate surface area is 126 Å². The number of nitrogens with zero attached hydrogens (tertiary/aromatic N) is 2. The van der Waals surface area contributed by atoms with Gasteiger partial charge in [-0.25, -0.2) is 4.98 Å². The van der Waals surface area contributed by atoms with Crippen LogP contribution in [-0.2, 0) is 6.54 Å². The van der Waals surface area contributed by atoms with Gasteiger partial charge in [-0.3, -0.25) is 0 Å². The summed E-state index contributed by atoms with van der Waals surface area (Å²) in [4.78, 5) is 4.42. The number of imidazole rings is 1. The molecule has 2 aromatic rings. The predicted molar refractivity (Wildman–Crippen MR) is 85.4 cm³/mol. The van der Waals surface area contributed by atoms with E-state index >= 15 is 0 Å². The summed E-state index contributed by atoms with van der Waals surface area (Å²) in [6.45, 7) is 1.79. The number of aromatic nitrogens is 2. The van der Waals surface area contributed by atoms with Gasteiger partial charge in [0.1, 0.15) is 4.99 Å². The summed E-state index contributed by atoms with van der Waals surface area (Å²) in [5, 5.41) is 3.37. The molecule has 0 amide bonds. The summed E-state index contributed by atoms with van der Waals surface area (Å²) in [6, 6.07) is 5.85. The molecule has 0 saturated carbocycles. The van der Waals surface area contributed by atoms with Crippen molar-refractivity contribution in [1.29, 1.82) is 0 Å². The summed E-state index contributed by atoms with van der Waals surface area (Å²) in [5.41, 5.74) is 7.55. The lowest BCUT2D eigenvalue weighted by Crippen LogP contribution is -2.14. The molecule has 0 aliphatic rings. The minimum Gasteiger partial charge on any atom is -0.389 e. The number of nitrogens with two attached hydrogens (primary N) is 1. The zero-order valence-electron chi connectivity index (χ0n) is 10.3. The molecule has 0 bridgehead atoms. The maximum absolute atomic E-state index is 5.71. The Morgan fingerprint density at radius 3 is 3.00 bits per heavy atom. The fraction of sp³-hybridized carbons (Fsp3) is 0.231. The van der Waals surface area contributed by atoms with E-state index in [1.165, 1.54) is 0 Å². The maximum atomic E-state index is 5.71. The van der Waals surface area contributed by atoms with Crippen LogP contribution in [0.1, 0.15) is 12.0 Å². The third-order valence-corrected chi connectivity index (χ3v) is 3.43. The van der Waals surface area contributed by atoms with Gasteiger partial charge in [0, 0.05) is 41.2 Å². The maximum Gasteiger partial charge on any atom is 0.106 e. The van der Waals surface area contributed by atoms with Crippen molar-refractivity contribution in [3.05, 3.63) is 47.0 Å². The van der Waals surface area contributed by atoms with E-state index in [9.17, 15) is 0 Å². The van der Waals surface area contributed by atoms with E-state index in [0.29, 0.717) is 4.99 Å². The van der Waals surface area contributed by atoms with Crippen LogP contribution in [0.5, 0.6) is 0 Å². The van der Waals surface area contributed by atoms with Crippen LogP contribution < -0.4 is 11.1 Å². The van der Waals surface area contributed by atoms with E-state index in [4.69, 9.17) is 18.0 Å². The minimum atomic E-state index is 0.407. The Hall–Kier alpha value is -1.40. The van der Waals surface area contributed by atoms with Gasteiger partial charge >= 0.3 is 0 Å². The Morgan fingerprint density at radius 2 is 2.32 bits per heavy atom. The molecule has 0 atom stereocenters. The predicted octanol–water partition coefficient (Wildman–Crippen LogP) is 2.78. The highest BCUT2D eigenvalue weighted by molar-refractivity contribution is 9.10. The minimum absolute atomic E-state index is 0.407. The second kappa shape index (κ2) is 6.68. The molecule has 0 radical (unpaired) electrons. The van der Waals surface area contributed by atoms with Crippen LogP contribution in [0.4, 0.5) is 5.69 Å². The summed E-state index contributed by atoms with van der Waals surface area (Å²) in [7, 11) is 0. The molecule has 1 heterocycles. The van der Waals surface area contributed by atoms with E-state index in [1.54, 1.807) is 6.20 Å². The first-order valence-electron chi connectivity index (χ1n) is 5.96. The second-order valence-corrected chi connectivity index (χ2v) is 5.49. The van der Waals surface area contributed by atoms with Crippen molar-refractivity contribution in [2.24, 2.45) is 5.73 Å². The zero-order valence-corrected chi connectivity index (χ0v) is 12.7. The molecule has 0 aliphatic heterocycles. The van der Waals surface area contributed by atoms with Crippen molar-refractivity contribution in [2.45, 2.75) is 13.0 Å². The number of hydrogen-bond acceptors (Lipinski definition) is 3. The van der Waals surface area contributed by atoms with Crippen molar-refractivity contribution in [2.75, 3.05) is 11.9 Å². The van der Waals surface area contributed by atoms with Crippen molar-refractivity contribution in [3.63, 3.8) is 0 Å². The molecule has 19 heavy (non-hydrogen) atoms. The average Bonchev–Trinajstić information content (AvgIpc) is 2.87. The first-order chi connectivity index (χ1) is 9.16. The van der Waals surface area contributed by atoms with Crippen molar-refractivity contribution < 1.29 is 0 Å². The molecule has 0 spiro atoms. The lowest BCUT2D eigenvalue weighted by Gasteiger charge is -2.12. The Kier molecular flexibility index (Phi) is 4.93. The number of thiocarbonyl (C=S) groups is 1. The van der Waals surface area contributed by atoms with Gasteiger partial charge in [-0.15, -0.1) is 0 Å². The van der Waals surface area contributed by atoms with Gasteiger partial charge in [0.25, 0.3) is 0 Å². The van der Waals surface area contributed by atoms with Crippen LogP contribution in [0.15, 0.2) is 41.4 Å². The normalized spacial score (nSPS) is 10.4. The van der Waals surface area contributed by atoms with E-state index in [2.05, 4.69) is 30.8 Å². The van der Waals surface area contributed by atoms with Gasteiger partial charge in [-0.05, 0) is 24.6 Å². The lowest BCUT2D eigenvalue weighted by atomic mass is 10.1. The molecule has 0 unspecified atom stereocenters. The lowest BCUT2D eigenvalue weighted by molar-refractivity contribution is 0.661. The second-order valence-electron chi connectivity index (χ2n) is 4.13. The van der Waals surface area contributed by atoms with Crippen molar-refractivity contribution in [1.82, 2.24) is 9.55 Å². The first kappa shape index (κ1) is 14.0. The molecule has 0 fully saturated rings. The summed E-state index contributed by atoms with van der Waals surface area (Å²) in [6.07, 6.45) is 6.56. The number of nitrogens with one attached hydrogen (secondary N) is 1. The number of benzene rings is 1. The number of aryl methyl sites for hydroxylation is 1. The van der Waals surface area contributed by atoms with Gasteiger partial charge < -0.3 is 15.6 Å². The molecular formula is C13H15BrN4S. The molecule has 0 aliphatic carbocycles. The third kappa shape index (κ3) is 4.04. The first-order valence-corrected chi connectivity index (χ1v) is 7.16. The topological polar surface area (TPSA) is 55.9 Å². The number of hydrogen-bond donors (Lipinski definition) is 2. The van der Waals surface area contributed by atoms with Gasteiger partial charge in [-0.1, -0.05) is 28.1 Å². The Morgan fingerprint density at radius 1 is 1.47 bits per heavy atom. The quantitative estimate of drug-likeness (QED) is 0.628. The molecule has 2 rings (SSSR count). The monoisotopic (exact) mass is 338 g/mol. The van der Waals surface area contributed by atoms with Crippen LogP contribution >= 0.6 is 28.1 Å². The number of halogens is 1. The Balaban J connectivity index is 1.91. The highest BCUT2D eigenvalue weighted by atomic mass is 79.9. The van der Waals surface area contributed by atoms with Crippen molar-refractivity contribution >= 4 is 38.8 Å². The van der Waals surface area contributed by atoms with Crippen molar-refractivity contribution in [3.8, 4) is 0 Å². The highest BCUT2D eigenvalue weighted by Crippen LogP contribution is 2.21. The van der Waals surface area contributed by atoms with Crippen LogP contribution in [0.3, 0.4) is 0 Å². The molecule has 4 nitrogen and oxygen atoms in total. The standard InChI is InChI=1S/C13H15BrN4S/c14-10-2-3-11(13(15)19)12(8-10)17-4-1-6-18-7-5-16-9-18/h2-3,5,7-9,17H,1,4,6H2,(H2,15,19). The number of anilines is 1. The summed E-state index contributed by atoms with van der Waals surface area (Å²) < 4.78 is 3.06. The van der Waals surface area contributed by atoms with Crippen LogP contribution in [0, 0.1) is 0 Å². The molecule has 100 valence electrons. The van der Waals surface area contributed by atoms with Gasteiger partial charge in [0.05, 0.1) is 6.33 Å². The molecule has 1 aromatic heterocycles. The molecule has 3 N–H and O–H groups in total. The van der Waals surface area contributed by atoms with Crippen LogP contribution in [0.25, 0.3) is 0 Å². The number of rotatable bonds is 6. The van der Waals surface area contributed by atoms with Crippen LogP contribution in [-0.4, -0.2) is 21.1 Å². The molecule has 6 heteroatoms. The largest absolute Gasteiger partial charge is 0.389 e. The molecule has 1 aromatic carbocycles. The summed E-state index contributed by atoms with van der Waals surface area (Å²) >= 11 is 8.50. The Bertz CT molecular complexity index is 554. The third-order valence-electron chi connectivity index (χ3n) is 2.71.